The zero-order chi connectivity index (χ0) is 18.3. The average Bonchev–Trinajstić information content (AvgIpc) is 2.51. The fraction of sp³-hybridized carbons (Fsp3) is 0.476. The SMILES string of the molecule is COC(=O)/C=C(C)/C=C/C=C(C)/C=C/C1=C(C)[C@@H](O)CCC1(C)C. The van der Waals surface area contributed by atoms with Gasteiger partial charge in [0.15, 0.2) is 0 Å². The van der Waals surface area contributed by atoms with Crippen LogP contribution in [-0.4, -0.2) is 24.3 Å². The number of ether oxygens (including phenoxy) is 1. The van der Waals surface area contributed by atoms with E-state index in [1.54, 1.807) is 0 Å². The number of carbonyl (C=O) groups excluding carboxylic acids is 1. The fourth-order valence-corrected chi connectivity index (χ4v) is 2.83. The first kappa shape index (κ1) is 20.2. The minimum absolute atomic E-state index is 0.0930. The molecule has 1 rings (SSSR count). The molecule has 0 bridgehead atoms. The van der Waals surface area contributed by atoms with E-state index in [1.165, 1.54) is 18.8 Å². The maximum absolute atomic E-state index is 11.1. The molecule has 1 atom stereocenters. The van der Waals surface area contributed by atoms with Crippen LogP contribution >= 0.6 is 0 Å². The van der Waals surface area contributed by atoms with Crippen LogP contribution in [0.25, 0.3) is 0 Å². The number of aliphatic hydroxyl groups is 1. The third-order valence-electron chi connectivity index (χ3n) is 4.47. The van der Waals surface area contributed by atoms with Crippen LogP contribution in [0.3, 0.4) is 0 Å². The molecule has 0 aliphatic heterocycles. The zero-order valence-electron chi connectivity index (χ0n) is 15.7. The molecule has 0 spiro atoms. The molecule has 0 aromatic heterocycles. The Morgan fingerprint density at radius 1 is 1.25 bits per heavy atom. The van der Waals surface area contributed by atoms with Gasteiger partial charge >= 0.3 is 5.97 Å². The van der Waals surface area contributed by atoms with Gasteiger partial charge in [0.05, 0.1) is 13.2 Å². The molecule has 0 radical (unpaired) electrons. The molecule has 0 saturated heterocycles. The van der Waals surface area contributed by atoms with E-state index >= 15 is 0 Å². The summed E-state index contributed by atoms with van der Waals surface area (Å²) in [5.74, 6) is -0.349. The van der Waals surface area contributed by atoms with E-state index in [-0.39, 0.29) is 17.5 Å². The van der Waals surface area contributed by atoms with E-state index in [9.17, 15) is 9.90 Å². The molecule has 0 unspecified atom stereocenters. The first-order valence-corrected chi connectivity index (χ1v) is 8.36. The van der Waals surface area contributed by atoms with Crippen molar-refractivity contribution in [2.75, 3.05) is 7.11 Å². The number of carbonyl (C=O) groups is 1. The molecule has 0 heterocycles. The molecule has 0 fully saturated rings. The molecule has 3 nitrogen and oxygen atoms in total. The largest absolute Gasteiger partial charge is 0.466 e. The Bertz CT molecular complexity index is 613. The Kier molecular flexibility index (Phi) is 7.43. The van der Waals surface area contributed by atoms with Gasteiger partial charge in [-0.15, -0.1) is 0 Å². The van der Waals surface area contributed by atoms with Crippen molar-refractivity contribution < 1.29 is 14.6 Å². The summed E-state index contributed by atoms with van der Waals surface area (Å²) in [5.41, 5.74) is 4.33. The number of methoxy groups -OCH3 is 1. The quantitative estimate of drug-likeness (QED) is 0.453. The van der Waals surface area contributed by atoms with Gasteiger partial charge < -0.3 is 9.84 Å². The molecule has 3 heteroatoms. The molecule has 1 aliphatic rings. The number of hydrogen-bond acceptors (Lipinski definition) is 3. The van der Waals surface area contributed by atoms with Crippen molar-refractivity contribution in [3.63, 3.8) is 0 Å². The number of esters is 1. The van der Waals surface area contributed by atoms with Gasteiger partial charge in [0.1, 0.15) is 0 Å². The van der Waals surface area contributed by atoms with E-state index in [0.717, 1.165) is 29.6 Å². The molecule has 0 amide bonds. The first-order chi connectivity index (χ1) is 11.2. The minimum Gasteiger partial charge on any atom is -0.466 e. The van der Waals surface area contributed by atoms with Gasteiger partial charge in [-0.05, 0) is 55.7 Å². The molecule has 0 aromatic rings. The summed E-state index contributed by atoms with van der Waals surface area (Å²) in [6, 6.07) is 0. The van der Waals surface area contributed by atoms with E-state index in [0.29, 0.717) is 0 Å². The van der Waals surface area contributed by atoms with Gasteiger partial charge in [-0.2, -0.15) is 0 Å². The summed E-state index contributed by atoms with van der Waals surface area (Å²) in [6.07, 6.45) is 12.9. The van der Waals surface area contributed by atoms with Crippen molar-refractivity contribution in [1.29, 1.82) is 0 Å². The summed E-state index contributed by atoms with van der Waals surface area (Å²) < 4.78 is 4.59. The van der Waals surface area contributed by atoms with Crippen molar-refractivity contribution >= 4 is 5.97 Å². The third-order valence-corrected chi connectivity index (χ3v) is 4.47. The van der Waals surface area contributed by atoms with Crippen molar-refractivity contribution in [2.45, 2.75) is 53.6 Å². The maximum atomic E-state index is 11.1. The molecular weight excluding hydrogens is 300 g/mol. The summed E-state index contributed by atoms with van der Waals surface area (Å²) in [6.45, 7) is 10.4. The van der Waals surface area contributed by atoms with Crippen molar-refractivity contribution in [2.24, 2.45) is 5.41 Å². The van der Waals surface area contributed by atoms with Gasteiger partial charge in [0.2, 0.25) is 0 Å². The van der Waals surface area contributed by atoms with Gasteiger partial charge in [-0.25, -0.2) is 4.79 Å². The number of aliphatic hydroxyl groups excluding tert-OH is 1. The Morgan fingerprint density at radius 2 is 1.92 bits per heavy atom. The molecule has 1 aliphatic carbocycles. The number of allylic oxidation sites excluding steroid dienone is 8. The lowest BCUT2D eigenvalue weighted by Crippen LogP contribution is -2.27. The predicted octanol–water partition coefficient (Wildman–Crippen LogP) is 4.66. The van der Waals surface area contributed by atoms with Gasteiger partial charge in [-0.1, -0.05) is 49.8 Å². The lowest BCUT2D eigenvalue weighted by atomic mass is 9.71. The second kappa shape index (κ2) is 8.84. The molecule has 132 valence electrons. The normalized spacial score (nSPS) is 22.5. The Balaban J connectivity index is 2.84. The van der Waals surface area contributed by atoms with Crippen LogP contribution in [0.1, 0.15) is 47.5 Å². The van der Waals surface area contributed by atoms with E-state index < -0.39 is 0 Å². The highest BCUT2D eigenvalue weighted by Crippen LogP contribution is 2.40. The Labute approximate surface area is 146 Å². The smallest absolute Gasteiger partial charge is 0.330 e. The van der Waals surface area contributed by atoms with Crippen molar-refractivity contribution in [1.82, 2.24) is 0 Å². The molecule has 1 N–H and O–H groups in total. The standard InChI is InChI=1S/C21H30O3/c1-15(8-7-9-16(2)14-20(23)24-6)10-11-18-17(3)19(22)12-13-21(18,4)5/h7-11,14,19,22H,12-13H2,1-6H3/b9-7+,11-10+,15-8+,16-14+/t19-/m0/s1. The molecule has 0 saturated carbocycles. The molecule has 24 heavy (non-hydrogen) atoms. The van der Waals surface area contributed by atoms with Crippen LogP contribution in [0.4, 0.5) is 0 Å². The number of hydrogen-bond donors (Lipinski definition) is 1. The van der Waals surface area contributed by atoms with Crippen LogP contribution in [0, 0.1) is 5.41 Å². The minimum atomic E-state index is -0.349. The third kappa shape index (κ3) is 5.97. The van der Waals surface area contributed by atoms with Crippen LogP contribution in [0.2, 0.25) is 0 Å². The lowest BCUT2D eigenvalue weighted by molar-refractivity contribution is -0.134. The van der Waals surface area contributed by atoms with Crippen molar-refractivity contribution in [3.05, 3.63) is 58.7 Å². The highest BCUT2D eigenvalue weighted by molar-refractivity contribution is 5.83. The average molecular weight is 330 g/mol. The highest BCUT2D eigenvalue weighted by atomic mass is 16.5. The zero-order valence-corrected chi connectivity index (χ0v) is 15.7. The maximum Gasteiger partial charge on any atom is 0.330 e. The summed E-state index contributed by atoms with van der Waals surface area (Å²) >= 11 is 0. The van der Waals surface area contributed by atoms with Gasteiger partial charge in [-0.3, -0.25) is 0 Å². The molecule has 0 aromatic carbocycles. The second-order valence-corrected chi connectivity index (χ2v) is 7.05. The van der Waals surface area contributed by atoms with Crippen LogP contribution < -0.4 is 0 Å². The Hall–Kier alpha value is -1.87. The monoisotopic (exact) mass is 330 g/mol. The summed E-state index contributed by atoms with van der Waals surface area (Å²) in [5, 5.41) is 10.1. The predicted molar refractivity (Wildman–Crippen MR) is 99.5 cm³/mol. The first-order valence-electron chi connectivity index (χ1n) is 8.36. The van der Waals surface area contributed by atoms with Gasteiger partial charge in [0.25, 0.3) is 0 Å². The topological polar surface area (TPSA) is 46.5 Å². The van der Waals surface area contributed by atoms with Crippen LogP contribution in [-0.2, 0) is 9.53 Å². The van der Waals surface area contributed by atoms with Crippen LogP contribution in [0.15, 0.2) is 58.7 Å². The summed E-state index contributed by atoms with van der Waals surface area (Å²) in [4.78, 5) is 11.1. The highest BCUT2D eigenvalue weighted by Gasteiger charge is 2.30. The van der Waals surface area contributed by atoms with E-state index in [2.05, 4.69) is 30.7 Å². The van der Waals surface area contributed by atoms with E-state index in [1.807, 2.05) is 39.0 Å². The van der Waals surface area contributed by atoms with Gasteiger partial charge in [0, 0.05) is 6.08 Å². The fourth-order valence-electron chi connectivity index (χ4n) is 2.83. The lowest BCUT2D eigenvalue weighted by Gasteiger charge is -2.35. The second-order valence-electron chi connectivity index (χ2n) is 7.05. The number of rotatable bonds is 5. The Morgan fingerprint density at radius 3 is 2.54 bits per heavy atom. The van der Waals surface area contributed by atoms with E-state index in [4.69, 9.17) is 0 Å². The molecular formula is C21H30O3. The van der Waals surface area contributed by atoms with Crippen molar-refractivity contribution in [3.8, 4) is 0 Å². The van der Waals surface area contributed by atoms with Crippen LogP contribution in [0.5, 0.6) is 0 Å². The summed E-state index contributed by atoms with van der Waals surface area (Å²) in [7, 11) is 1.37.